The zero-order chi connectivity index (χ0) is 26.3. The normalized spacial score (nSPS) is 14.7. The van der Waals surface area contributed by atoms with Gasteiger partial charge in [0.05, 0.1) is 5.69 Å². The van der Waals surface area contributed by atoms with Crippen molar-refractivity contribution in [3.8, 4) is 5.75 Å². The molecule has 1 aromatic heterocycles. The molecular weight excluding hydrogens is 454 g/mol. The van der Waals surface area contributed by atoms with Gasteiger partial charge in [0, 0.05) is 38.0 Å². The number of rotatable bonds is 11. The quantitative estimate of drug-likeness (QED) is 0.297. The molecule has 1 aliphatic rings. The number of aryl methyl sites for hydroxylation is 2. The largest absolute Gasteiger partial charge is 0.504 e. The highest BCUT2D eigenvalue weighted by Gasteiger charge is 2.21. The van der Waals surface area contributed by atoms with Crippen molar-refractivity contribution in [2.24, 2.45) is 5.92 Å². The van der Waals surface area contributed by atoms with E-state index >= 15 is 0 Å². The Bertz CT molecular complexity index is 1040. The van der Waals surface area contributed by atoms with E-state index in [4.69, 9.17) is 5.11 Å². The second kappa shape index (κ2) is 12.3. The van der Waals surface area contributed by atoms with Gasteiger partial charge in [-0.1, -0.05) is 45.7 Å². The van der Waals surface area contributed by atoms with Crippen molar-refractivity contribution < 1.29 is 19.8 Å². The van der Waals surface area contributed by atoms with Crippen LogP contribution in [0.2, 0.25) is 0 Å². The number of carbonyl (C=O) groups excluding carboxylic acids is 1. The molecule has 2 N–H and O–H groups in total. The van der Waals surface area contributed by atoms with Gasteiger partial charge in [0.2, 0.25) is 0 Å². The molecule has 2 heterocycles. The fourth-order valence-electron chi connectivity index (χ4n) is 4.82. The van der Waals surface area contributed by atoms with Crippen molar-refractivity contribution in [2.45, 2.75) is 90.9 Å². The van der Waals surface area contributed by atoms with Gasteiger partial charge in [-0.25, -0.2) is 9.97 Å². The number of aliphatic carboxylic acids is 1. The highest BCUT2D eigenvalue weighted by Crippen LogP contribution is 2.29. The average Bonchev–Trinajstić information content (AvgIpc) is 2.83. The molecule has 196 valence electrons. The first-order valence-electron chi connectivity index (χ1n) is 13.2. The van der Waals surface area contributed by atoms with Gasteiger partial charge in [-0.05, 0) is 61.6 Å². The third-order valence-corrected chi connectivity index (χ3v) is 7.14. The van der Waals surface area contributed by atoms with Gasteiger partial charge >= 0.3 is 5.97 Å². The number of unbranched alkanes of at least 4 members (excludes halogenated alkanes) is 1. The predicted molar refractivity (Wildman–Crippen MR) is 142 cm³/mol. The fraction of sp³-hybridized carbons (Fsp3) is 0.586. The van der Waals surface area contributed by atoms with Crippen LogP contribution in [-0.2, 0) is 16.6 Å². The minimum absolute atomic E-state index is 0.0193. The van der Waals surface area contributed by atoms with Gasteiger partial charge in [0.1, 0.15) is 5.82 Å². The molecule has 36 heavy (non-hydrogen) atoms. The molecule has 2 aromatic rings. The van der Waals surface area contributed by atoms with Gasteiger partial charge in [-0.3, -0.25) is 9.59 Å². The summed E-state index contributed by atoms with van der Waals surface area (Å²) < 4.78 is 0. The smallest absolute Gasteiger partial charge is 0.303 e. The molecule has 1 fully saturated rings. The third kappa shape index (κ3) is 7.77. The Balaban J connectivity index is 1.43. The van der Waals surface area contributed by atoms with Gasteiger partial charge in [0.25, 0.3) is 0 Å². The molecule has 0 spiro atoms. The van der Waals surface area contributed by atoms with Crippen molar-refractivity contribution in [3.63, 3.8) is 0 Å². The van der Waals surface area contributed by atoms with Crippen LogP contribution in [0.4, 0.5) is 5.69 Å². The van der Waals surface area contributed by atoms with E-state index in [0.717, 1.165) is 31.8 Å². The second-order valence-corrected chi connectivity index (χ2v) is 11.1. The van der Waals surface area contributed by atoms with Crippen LogP contribution in [-0.4, -0.2) is 45.0 Å². The van der Waals surface area contributed by atoms with Crippen LogP contribution in [0.3, 0.4) is 0 Å². The van der Waals surface area contributed by atoms with E-state index in [1.54, 1.807) is 6.92 Å². The molecule has 1 saturated heterocycles. The Morgan fingerprint density at radius 1 is 1.00 bits per heavy atom. The lowest BCUT2D eigenvalue weighted by Crippen LogP contribution is -2.33. The highest BCUT2D eigenvalue weighted by atomic mass is 16.4. The van der Waals surface area contributed by atoms with Gasteiger partial charge in [-0.15, -0.1) is 0 Å². The number of hydrogen-bond donors (Lipinski definition) is 2. The molecule has 1 aromatic carbocycles. The number of aromatic hydroxyl groups is 1. The predicted octanol–water partition coefficient (Wildman–Crippen LogP) is 5.86. The van der Waals surface area contributed by atoms with Crippen LogP contribution < -0.4 is 4.90 Å². The van der Waals surface area contributed by atoms with Gasteiger partial charge < -0.3 is 15.1 Å². The zero-order valence-electron chi connectivity index (χ0n) is 22.2. The maximum Gasteiger partial charge on any atom is 0.303 e. The molecule has 0 aliphatic carbocycles. The Kier molecular flexibility index (Phi) is 9.46. The first-order chi connectivity index (χ1) is 17.0. The zero-order valence-corrected chi connectivity index (χ0v) is 22.2. The van der Waals surface area contributed by atoms with E-state index in [1.165, 1.54) is 30.5 Å². The number of aromatic nitrogens is 2. The summed E-state index contributed by atoms with van der Waals surface area (Å²) in [6, 6.07) is 9.02. The van der Waals surface area contributed by atoms with Crippen molar-refractivity contribution in [1.82, 2.24) is 9.97 Å². The summed E-state index contributed by atoms with van der Waals surface area (Å²) >= 11 is 0. The van der Waals surface area contributed by atoms with Crippen LogP contribution >= 0.6 is 0 Å². The summed E-state index contributed by atoms with van der Waals surface area (Å²) in [5.41, 5.74) is 3.27. The number of ketones is 1. The Hall–Kier alpha value is -2.96. The number of anilines is 1. The SMILES string of the molecule is Cc1nc(CCCCC2CCN(c3ccc(C(C)(C)C)cc3)CC2)nc(C(=O)CCCC(=O)O)c1O. The first-order valence-corrected chi connectivity index (χ1v) is 13.2. The molecule has 1 aliphatic heterocycles. The molecule has 7 nitrogen and oxygen atoms in total. The number of carboxylic acid groups (broad SMARTS) is 1. The summed E-state index contributed by atoms with van der Waals surface area (Å²) in [7, 11) is 0. The minimum atomic E-state index is -0.938. The maximum absolute atomic E-state index is 12.4. The lowest BCUT2D eigenvalue weighted by molar-refractivity contribution is -0.137. The van der Waals surface area contributed by atoms with E-state index in [-0.39, 0.29) is 41.9 Å². The van der Waals surface area contributed by atoms with E-state index in [9.17, 15) is 14.7 Å². The topological polar surface area (TPSA) is 104 Å². The van der Waals surface area contributed by atoms with Crippen LogP contribution in [0, 0.1) is 12.8 Å². The summed E-state index contributed by atoms with van der Waals surface area (Å²) in [6.07, 6.45) is 6.45. The number of nitrogens with zero attached hydrogens (tertiary/aromatic N) is 3. The van der Waals surface area contributed by atoms with E-state index in [1.807, 2.05) is 0 Å². The van der Waals surface area contributed by atoms with Crippen molar-refractivity contribution in [1.29, 1.82) is 0 Å². The summed E-state index contributed by atoms with van der Waals surface area (Å²) in [6.45, 7) is 10.6. The molecule has 0 amide bonds. The number of Topliss-reactive ketones (excluding diaryl/α,β-unsaturated/α-hetero) is 1. The molecule has 0 bridgehead atoms. The summed E-state index contributed by atoms with van der Waals surface area (Å²) in [4.78, 5) is 34.3. The Morgan fingerprint density at radius 3 is 2.28 bits per heavy atom. The monoisotopic (exact) mass is 495 g/mol. The van der Waals surface area contributed by atoms with Crippen LogP contribution in [0.5, 0.6) is 5.75 Å². The highest BCUT2D eigenvalue weighted by molar-refractivity contribution is 5.97. The van der Waals surface area contributed by atoms with E-state index in [2.05, 4.69) is 59.9 Å². The second-order valence-electron chi connectivity index (χ2n) is 11.1. The van der Waals surface area contributed by atoms with Crippen LogP contribution in [0.25, 0.3) is 0 Å². The van der Waals surface area contributed by atoms with E-state index < -0.39 is 5.97 Å². The lowest BCUT2D eigenvalue weighted by atomic mass is 9.87. The molecular formula is C29H41N3O4. The van der Waals surface area contributed by atoms with Crippen LogP contribution in [0.15, 0.2) is 24.3 Å². The summed E-state index contributed by atoms with van der Waals surface area (Å²) in [5, 5.41) is 19.0. The first kappa shape index (κ1) is 27.6. The number of carbonyl (C=O) groups is 2. The standard InChI is InChI=1S/C29H41N3O4/c1-20-28(36)27(24(33)9-7-11-26(34)35)31-25(30-20)10-6-5-8-21-16-18-32(19-17-21)23-14-12-22(13-15-23)29(2,3)4/h12-15,21,36H,5-11,16-19H2,1-4H3,(H,34,35). The number of hydrogen-bond acceptors (Lipinski definition) is 6. The molecule has 3 rings (SSSR count). The molecule has 0 unspecified atom stereocenters. The Labute approximate surface area is 215 Å². The number of benzene rings is 1. The average molecular weight is 496 g/mol. The van der Waals surface area contributed by atoms with Crippen molar-refractivity contribution in [2.75, 3.05) is 18.0 Å². The molecule has 0 atom stereocenters. The number of carboxylic acids is 1. The minimum Gasteiger partial charge on any atom is -0.504 e. The fourth-order valence-corrected chi connectivity index (χ4v) is 4.82. The Morgan fingerprint density at radius 2 is 1.67 bits per heavy atom. The van der Waals surface area contributed by atoms with Crippen molar-refractivity contribution in [3.05, 3.63) is 47.0 Å². The molecule has 7 heteroatoms. The number of piperidine rings is 1. The van der Waals surface area contributed by atoms with Crippen molar-refractivity contribution >= 4 is 17.4 Å². The maximum atomic E-state index is 12.4. The molecule has 0 radical (unpaired) electrons. The molecule has 0 saturated carbocycles. The van der Waals surface area contributed by atoms with E-state index in [0.29, 0.717) is 17.9 Å². The third-order valence-electron chi connectivity index (χ3n) is 7.14. The van der Waals surface area contributed by atoms with Gasteiger partial charge in [0.15, 0.2) is 17.2 Å². The van der Waals surface area contributed by atoms with Crippen LogP contribution in [0.1, 0.15) is 99.7 Å². The lowest BCUT2D eigenvalue weighted by Gasteiger charge is -2.34. The summed E-state index contributed by atoms with van der Waals surface area (Å²) in [5.74, 6) is -0.171. The van der Waals surface area contributed by atoms with Gasteiger partial charge in [-0.2, -0.15) is 0 Å².